The Balaban J connectivity index is 1.51. The number of anilines is 1. The van der Waals surface area contributed by atoms with Crippen molar-refractivity contribution in [2.24, 2.45) is 0 Å². The van der Waals surface area contributed by atoms with Gasteiger partial charge in [-0.2, -0.15) is 0 Å². The number of rotatable bonds is 8. The van der Waals surface area contributed by atoms with Crippen molar-refractivity contribution in [3.05, 3.63) is 35.6 Å². The number of aromatic hydroxyl groups is 2. The van der Waals surface area contributed by atoms with Crippen molar-refractivity contribution >= 4 is 5.69 Å². The summed E-state index contributed by atoms with van der Waals surface area (Å²) in [5.41, 5.74) is 1.51. The number of hydrogen-bond donors (Lipinski definition) is 2. The van der Waals surface area contributed by atoms with Gasteiger partial charge in [-0.05, 0) is 38.4 Å². The van der Waals surface area contributed by atoms with Gasteiger partial charge >= 0.3 is 0 Å². The molecule has 28 heavy (non-hydrogen) atoms. The van der Waals surface area contributed by atoms with Crippen LogP contribution in [0.15, 0.2) is 24.3 Å². The molecule has 7 heteroatoms. The lowest BCUT2D eigenvalue weighted by molar-refractivity contribution is 0.245. The highest BCUT2D eigenvalue weighted by atomic mass is 19.1. The lowest BCUT2D eigenvalue weighted by Gasteiger charge is -2.36. The first-order valence-corrected chi connectivity index (χ1v) is 9.97. The van der Waals surface area contributed by atoms with E-state index < -0.39 is 0 Å². The number of aryl methyl sites for hydroxylation is 1. The Bertz CT molecular complexity index is 785. The number of ether oxygens (including phenoxy) is 1. The van der Waals surface area contributed by atoms with Crippen LogP contribution in [0, 0.1) is 12.7 Å². The van der Waals surface area contributed by atoms with Crippen molar-refractivity contribution in [1.29, 1.82) is 0 Å². The van der Waals surface area contributed by atoms with Crippen LogP contribution in [0.2, 0.25) is 0 Å². The zero-order valence-corrected chi connectivity index (χ0v) is 16.7. The maximum atomic E-state index is 13.8. The van der Waals surface area contributed by atoms with Crippen LogP contribution in [-0.4, -0.2) is 59.0 Å². The quantitative estimate of drug-likeness (QED) is 0.723. The molecule has 0 unspecified atom stereocenters. The average molecular weight is 391 g/mol. The standard InChI is InChI=1S/C21H30FN3O3/c1-3-13-28-19-6-5-17(22)15-18(19)24-11-9-23(10-12-24)7-4-8-25-20(26)14-16(2)21(25)27/h5-6,14-15,26-27H,3-4,7-13H2,1-2H3. The predicted octanol–water partition coefficient (Wildman–Crippen LogP) is 3.35. The van der Waals surface area contributed by atoms with Crippen LogP contribution >= 0.6 is 0 Å². The third kappa shape index (κ3) is 4.70. The topological polar surface area (TPSA) is 61.1 Å². The van der Waals surface area contributed by atoms with Gasteiger partial charge < -0.3 is 19.8 Å². The summed E-state index contributed by atoms with van der Waals surface area (Å²) in [6.07, 6.45) is 1.75. The monoisotopic (exact) mass is 391 g/mol. The predicted molar refractivity (Wildman–Crippen MR) is 108 cm³/mol. The van der Waals surface area contributed by atoms with Gasteiger partial charge in [0.25, 0.3) is 0 Å². The molecule has 1 saturated heterocycles. The van der Waals surface area contributed by atoms with E-state index in [1.165, 1.54) is 10.6 Å². The second-order valence-electron chi connectivity index (χ2n) is 7.30. The van der Waals surface area contributed by atoms with Crippen LogP contribution in [-0.2, 0) is 6.54 Å². The van der Waals surface area contributed by atoms with Crippen molar-refractivity contribution in [2.75, 3.05) is 44.2 Å². The Morgan fingerprint density at radius 3 is 2.46 bits per heavy atom. The van der Waals surface area contributed by atoms with Gasteiger partial charge in [0.15, 0.2) is 11.8 Å². The Kier molecular flexibility index (Phi) is 6.67. The van der Waals surface area contributed by atoms with E-state index in [-0.39, 0.29) is 17.6 Å². The van der Waals surface area contributed by atoms with E-state index in [4.69, 9.17) is 4.74 Å². The summed E-state index contributed by atoms with van der Waals surface area (Å²) in [5.74, 6) is 0.729. The molecular weight excluding hydrogens is 361 g/mol. The van der Waals surface area contributed by atoms with E-state index in [1.807, 2.05) is 0 Å². The molecule has 0 atom stereocenters. The highest BCUT2D eigenvalue weighted by Gasteiger charge is 2.20. The molecule has 0 radical (unpaired) electrons. The minimum absolute atomic E-state index is 0.102. The van der Waals surface area contributed by atoms with E-state index in [0.29, 0.717) is 18.7 Å². The minimum Gasteiger partial charge on any atom is -0.494 e. The third-order valence-corrected chi connectivity index (χ3v) is 5.18. The van der Waals surface area contributed by atoms with Crippen molar-refractivity contribution < 1.29 is 19.3 Å². The fraction of sp³-hybridized carbons (Fsp3) is 0.524. The normalized spacial score (nSPS) is 15.2. The van der Waals surface area contributed by atoms with Gasteiger partial charge in [0, 0.05) is 50.4 Å². The lowest BCUT2D eigenvalue weighted by Crippen LogP contribution is -2.46. The van der Waals surface area contributed by atoms with Gasteiger partial charge in [0.1, 0.15) is 11.6 Å². The van der Waals surface area contributed by atoms with E-state index in [0.717, 1.165) is 57.0 Å². The molecule has 0 spiro atoms. The molecule has 0 saturated carbocycles. The first-order valence-electron chi connectivity index (χ1n) is 9.97. The Morgan fingerprint density at radius 1 is 1.07 bits per heavy atom. The highest BCUT2D eigenvalue weighted by Crippen LogP contribution is 2.30. The van der Waals surface area contributed by atoms with Crippen LogP contribution in [0.5, 0.6) is 17.5 Å². The van der Waals surface area contributed by atoms with E-state index in [9.17, 15) is 14.6 Å². The fourth-order valence-corrected chi connectivity index (χ4v) is 3.61. The molecule has 3 rings (SSSR count). The largest absolute Gasteiger partial charge is 0.494 e. The summed E-state index contributed by atoms with van der Waals surface area (Å²) in [6.45, 7) is 9.29. The summed E-state index contributed by atoms with van der Waals surface area (Å²) < 4.78 is 21.1. The lowest BCUT2D eigenvalue weighted by atomic mass is 10.2. The first-order chi connectivity index (χ1) is 13.5. The summed E-state index contributed by atoms with van der Waals surface area (Å²) in [6, 6.07) is 6.29. The number of nitrogens with zero attached hydrogens (tertiary/aromatic N) is 3. The molecule has 1 fully saturated rings. The Morgan fingerprint density at radius 2 is 1.82 bits per heavy atom. The maximum Gasteiger partial charge on any atom is 0.196 e. The summed E-state index contributed by atoms with van der Waals surface area (Å²) >= 11 is 0. The average Bonchev–Trinajstić information content (AvgIpc) is 2.93. The molecule has 2 aromatic rings. The van der Waals surface area contributed by atoms with E-state index >= 15 is 0 Å². The molecule has 1 aliphatic heterocycles. The van der Waals surface area contributed by atoms with Crippen molar-refractivity contribution in [3.63, 3.8) is 0 Å². The zero-order chi connectivity index (χ0) is 20.1. The van der Waals surface area contributed by atoms with Gasteiger partial charge in [-0.1, -0.05) is 6.92 Å². The Hall–Kier alpha value is -2.41. The summed E-state index contributed by atoms with van der Waals surface area (Å²) in [7, 11) is 0. The van der Waals surface area contributed by atoms with Crippen LogP contribution in [0.1, 0.15) is 25.3 Å². The highest BCUT2D eigenvalue weighted by molar-refractivity contribution is 5.59. The van der Waals surface area contributed by atoms with Crippen LogP contribution in [0.25, 0.3) is 0 Å². The third-order valence-electron chi connectivity index (χ3n) is 5.18. The molecule has 1 aromatic heterocycles. The fourth-order valence-electron chi connectivity index (χ4n) is 3.61. The van der Waals surface area contributed by atoms with E-state index in [1.54, 1.807) is 25.1 Å². The molecule has 1 aromatic carbocycles. The zero-order valence-electron chi connectivity index (χ0n) is 16.7. The van der Waals surface area contributed by atoms with Crippen molar-refractivity contribution in [2.45, 2.75) is 33.2 Å². The number of hydrogen-bond acceptors (Lipinski definition) is 5. The number of aromatic nitrogens is 1. The molecule has 2 N–H and O–H groups in total. The number of piperazine rings is 1. The van der Waals surface area contributed by atoms with Gasteiger partial charge in [0.2, 0.25) is 0 Å². The van der Waals surface area contributed by atoms with Gasteiger partial charge in [-0.15, -0.1) is 0 Å². The second kappa shape index (κ2) is 9.19. The van der Waals surface area contributed by atoms with E-state index in [2.05, 4.69) is 16.7 Å². The Labute approximate surface area is 165 Å². The first kappa shape index (κ1) is 20.3. The maximum absolute atomic E-state index is 13.8. The van der Waals surface area contributed by atoms with Gasteiger partial charge in [0.05, 0.1) is 12.3 Å². The smallest absolute Gasteiger partial charge is 0.196 e. The van der Waals surface area contributed by atoms with Gasteiger partial charge in [-0.25, -0.2) is 4.39 Å². The van der Waals surface area contributed by atoms with Gasteiger partial charge in [-0.3, -0.25) is 9.47 Å². The van der Waals surface area contributed by atoms with Crippen LogP contribution in [0.4, 0.5) is 10.1 Å². The molecular formula is C21H30FN3O3. The molecule has 0 bridgehead atoms. The summed E-state index contributed by atoms with van der Waals surface area (Å²) in [4.78, 5) is 4.53. The SMILES string of the molecule is CCCOc1ccc(F)cc1N1CCN(CCCn2c(O)cc(C)c2O)CC1. The minimum atomic E-state index is -0.247. The number of halogens is 1. The van der Waals surface area contributed by atoms with Crippen molar-refractivity contribution in [3.8, 4) is 17.5 Å². The molecule has 1 aliphatic rings. The number of benzene rings is 1. The van der Waals surface area contributed by atoms with Crippen LogP contribution < -0.4 is 9.64 Å². The molecule has 0 amide bonds. The summed E-state index contributed by atoms with van der Waals surface area (Å²) in [5, 5.41) is 19.8. The van der Waals surface area contributed by atoms with Crippen LogP contribution in [0.3, 0.4) is 0 Å². The molecule has 6 nitrogen and oxygen atoms in total. The van der Waals surface area contributed by atoms with Crippen molar-refractivity contribution in [1.82, 2.24) is 9.47 Å². The molecule has 154 valence electrons. The second-order valence-corrected chi connectivity index (χ2v) is 7.30. The molecule has 2 heterocycles. The molecule has 0 aliphatic carbocycles.